The maximum atomic E-state index is 12.5. The van der Waals surface area contributed by atoms with Crippen molar-refractivity contribution < 1.29 is 5.11 Å². The lowest BCUT2D eigenvalue weighted by molar-refractivity contribution is 0.310. The van der Waals surface area contributed by atoms with E-state index in [1.54, 1.807) is 9.13 Å². The van der Waals surface area contributed by atoms with Gasteiger partial charge in [-0.3, -0.25) is 13.9 Å². The highest BCUT2D eigenvalue weighted by molar-refractivity contribution is 5.74. The predicted molar refractivity (Wildman–Crippen MR) is 85.5 cm³/mol. The summed E-state index contributed by atoms with van der Waals surface area (Å²) in [6, 6.07) is -0.0623. The fourth-order valence-corrected chi connectivity index (χ4v) is 2.51. The largest absolute Gasteiger partial charge is 0.395 e. The molecule has 0 aliphatic rings. The van der Waals surface area contributed by atoms with Crippen molar-refractivity contribution >= 4 is 17.1 Å². The Labute approximate surface area is 128 Å². The van der Waals surface area contributed by atoms with Crippen LogP contribution in [0.4, 0.5) is 5.95 Å². The van der Waals surface area contributed by atoms with Crippen molar-refractivity contribution in [3.8, 4) is 0 Å². The van der Waals surface area contributed by atoms with Crippen molar-refractivity contribution in [1.82, 2.24) is 18.7 Å². The Bertz CT molecular complexity index is 786. The summed E-state index contributed by atoms with van der Waals surface area (Å²) in [6.07, 6.45) is 0.756. The third-order valence-corrected chi connectivity index (χ3v) is 3.92. The number of fused-ring (bicyclic) bond motifs is 1. The van der Waals surface area contributed by atoms with Crippen molar-refractivity contribution in [1.29, 1.82) is 0 Å². The number of aryl methyl sites for hydroxylation is 1. The Morgan fingerprint density at radius 2 is 2.00 bits per heavy atom. The summed E-state index contributed by atoms with van der Waals surface area (Å²) in [7, 11) is 1.48. The molecule has 0 radical (unpaired) electrons. The number of hydrogen-bond acceptors (Lipinski definition) is 5. The van der Waals surface area contributed by atoms with Gasteiger partial charge in [0.05, 0.1) is 6.61 Å². The van der Waals surface area contributed by atoms with Crippen molar-refractivity contribution in [2.45, 2.75) is 39.8 Å². The first-order valence-corrected chi connectivity index (χ1v) is 7.54. The lowest BCUT2D eigenvalue weighted by Gasteiger charge is -2.14. The summed E-state index contributed by atoms with van der Waals surface area (Å²) < 4.78 is 4.43. The maximum absolute atomic E-state index is 12.5. The van der Waals surface area contributed by atoms with Crippen molar-refractivity contribution in [3.05, 3.63) is 20.8 Å². The zero-order valence-corrected chi connectivity index (χ0v) is 13.5. The van der Waals surface area contributed by atoms with Crippen molar-refractivity contribution in [3.63, 3.8) is 0 Å². The number of nitrogens with one attached hydrogen (secondary N) is 1. The second-order valence-corrected chi connectivity index (χ2v) is 5.28. The molecule has 2 heterocycles. The Balaban J connectivity index is 2.88. The van der Waals surface area contributed by atoms with E-state index in [1.807, 2.05) is 20.8 Å². The van der Waals surface area contributed by atoms with Crippen LogP contribution >= 0.6 is 0 Å². The summed E-state index contributed by atoms with van der Waals surface area (Å²) in [5, 5.41) is 12.0. The molecule has 0 amide bonds. The van der Waals surface area contributed by atoms with Gasteiger partial charge in [-0.2, -0.15) is 4.98 Å². The van der Waals surface area contributed by atoms with Crippen LogP contribution in [0, 0.1) is 0 Å². The van der Waals surface area contributed by atoms with E-state index in [0.717, 1.165) is 11.0 Å². The standard InChI is InChI=1S/C14H23N5O3/c1-5-9(3)19-11-10(12(21)17(4)14(19)22)18(6-2)13(16-11)15-7-8-20/h9,20H,5-8H2,1-4H3,(H,15,16). The number of imidazole rings is 1. The van der Waals surface area contributed by atoms with E-state index < -0.39 is 0 Å². The fourth-order valence-electron chi connectivity index (χ4n) is 2.51. The predicted octanol–water partition coefficient (Wildman–Crippen LogP) is 0.292. The minimum Gasteiger partial charge on any atom is -0.395 e. The molecule has 8 nitrogen and oxygen atoms in total. The summed E-state index contributed by atoms with van der Waals surface area (Å²) >= 11 is 0. The normalized spacial score (nSPS) is 12.8. The quantitative estimate of drug-likeness (QED) is 0.800. The molecule has 8 heteroatoms. The third kappa shape index (κ3) is 2.43. The van der Waals surface area contributed by atoms with Gasteiger partial charge in [0.1, 0.15) is 0 Å². The second-order valence-electron chi connectivity index (χ2n) is 5.28. The highest BCUT2D eigenvalue weighted by atomic mass is 16.3. The first-order valence-electron chi connectivity index (χ1n) is 7.54. The first kappa shape index (κ1) is 16.3. The molecule has 2 aromatic heterocycles. The maximum Gasteiger partial charge on any atom is 0.332 e. The number of aromatic nitrogens is 4. The van der Waals surface area contributed by atoms with Crippen LogP contribution in [0.1, 0.15) is 33.2 Å². The minimum absolute atomic E-state index is 0.0386. The average molecular weight is 309 g/mol. The highest BCUT2D eigenvalue weighted by Gasteiger charge is 2.21. The Morgan fingerprint density at radius 3 is 2.55 bits per heavy atom. The van der Waals surface area contributed by atoms with Crippen LogP contribution in [-0.4, -0.2) is 36.9 Å². The molecule has 22 heavy (non-hydrogen) atoms. The number of anilines is 1. The second kappa shape index (κ2) is 6.35. The molecule has 0 saturated carbocycles. The van der Waals surface area contributed by atoms with E-state index in [2.05, 4.69) is 10.3 Å². The van der Waals surface area contributed by atoms with Gasteiger partial charge in [0, 0.05) is 26.2 Å². The first-order chi connectivity index (χ1) is 10.5. The molecule has 2 N–H and O–H groups in total. The van der Waals surface area contributed by atoms with Crippen LogP contribution < -0.4 is 16.6 Å². The minimum atomic E-state index is -0.360. The molecule has 0 fully saturated rings. The highest BCUT2D eigenvalue weighted by Crippen LogP contribution is 2.19. The molecule has 0 bridgehead atoms. The topological polar surface area (TPSA) is 94.1 Å². The number of hydrogen-bond donors (Lipinski definition) is 2. The molecule has 1 unspecified atom stereocenters. The van der Waals surface area contributed by atoms with Gasteiger partial charge in [0.15, 0.2) is 11.2 Å². The molecule has 0 aromatic carbocycles. The summed E-state index contributed by atoms with van der Waals surface area (Å²) in [4.78, 5) is 29.4. The average Bonchev–Trinajstić information content (AvgIpc) is 2.88. The summed E-state index contributed by atoms with van der Waals surface area (Å²) in [5.74, 6) is 0.492. The molecular formula is C14H23N5O3. The van der Waals surface area contributed by atoms with Crippen LogP contribution in [0.25, 0.3) is 11.2 Å². The zero-order chi connectivity index (χ0) is 16.4. The Kier molecular flexibility index (Phi) is 4.70. The van der Waals surface area contributed by atoms with E-state index in [4.69, 9.17) is 5.11 Å². The van der Waals surface area contributed by atoms with Gasteiger partial charge >= 0.3 is 5.69 Å². The van der Waals surface area contributed by atoms with Crippen LogP contribution in [0.5, 0.6) is 0 Å². The summed E-state index contributed by atoms with van der Waals surface area (Å²) in [6.45, 7) is 6.65. The van der Waals surface area contributed by atoms with E-state index >= 15 is 0 Å². The fraction of sp³-hybridized carbons (Fsp3) is 0.643. The van der Waals surface area contributed by atoms with Crippen LogP contribution in [-0.2, 0) is 13.6 Å². The van der Waals surface area contributed by atoms with Crippen LogP contribution in [0.3, 0.4) is 0 Å². The van der Waals surface area contributed by atoms with Crippen LogP contribution in [0.2, 0.25) is 0 Å². The van der Waals surface area contributed by atoms with Gasteiger partial charge in [0.25, 0.3) is 5.56 Å². The number of aliphatic hydroxyl groups excluding tert-OH is 1. The van der Waals surface area contributed by atoms with Crippen molar-refractivity contribution in [2.24, 2.45) is 7.05 Å². The monoisotopic (exact) mass is 309 g/mol. The molecule has 0 spiro atoms. The third-order valence-electron chi connectivity index (χ3n) is 3.92. The van der Waals surface area contributed by atoms with Gasteiger partial charge in [-0.15, -0.1) is 0 Å². The molecule has 0 aliphatic heterocycles. The van der Waals surface area contributed by atoms with Gasteiger partial charge in [-0.05, 0) is 20.3 Å². The van der Waals surface area contributed by atoms with Gasteiger partial charge in [-0.1, -0.05) is 6.92 Å². The number of aliphatic hydroxyl groups is 1. The van der Waals surface area contributed by atoms with E-state index in [1.165, 1.54) is 7.05 Å². The van der Waals surface area contributed by atoms with Gasteiger partial charge < -0.3 is 15.0 Å². The number of nitrogens with zero attached hydrogens (tertiary/aromatic N) is 4. The van der Waals surface area contributed by atoms with Gasteiger partial charge in [0.2, 0.25) is 5.95 Å². The van der Waals surface area contributed by atoms with E-state index in [-0.39, 0.29) is 23.9 Å². The molecule has 1 atom stereocenters. The molecule has 122 valence electrons. The van der Waals surface area contributed by atoms with Gasteiger partial charge in [-0.25, -0.2) is 4.79 Å². The SMILES string of the molecule is CCC(C)n1c(=O)n(C)c(=O)c2c1nc(NCCO)n2CC. The molecule has 2 aromatic rings. The zero-order valence-electron chi connectivity index (χ0n) is 13.5. The molecule has 0 saturated heterocycles. The molecular weight excluding hydrogens is 286 g/mol. The summed E-state index contributed by atoms with van der Waals surface area (Å²) in [5.41, 5.74) is 0.0855. The Hall–Kier alpha value is -2.09. The van der Waals surface area contributed by atoms with E-state index in [9.17, 15) is 9.59 Å². The van der Waals surface area contributed by atoms with E-state index in [0.29, 0.717) is 30.2 Å². The van der Waals surface area contributed by atoms with Crippen LogP contribution in [0.15, 0.2) is 9.59 Å². The number of rotatable bonds is 6. The van der Waals surface area contributed by atoms with Crippen molar-refractivity contribution in [2.75, 3.05) is 18.5 Å². The Morgan fingerprint density at radius 1 is 1.32 bits per heavy atom. The smallest absolute Gasteiger partial charge is 0.332 e. The molecule has 2 rings (SSSR count). The lowest BCUT2D eigenvalue weighted by Crippen LogP contribution is -2.39. The lowest BCUT2D eigenvalue weighted by atomic mass is 10.2. The molecule has 0 aliphatic carbocycles.